The summed E-state index contributed by atoms with van der Waals surface area (Å²) < 4.78 is 5.26. The number of nitrogens with zero attached hydrogens (tertiary/aromatic N) is 1. The number of Topliss-reactive ketones (excluding diaryl/α,β-unsaturated/α-hetero) is 1. The Balaban J connectivity index is 2.44. The number of ether oxygens (including phenoxy) is 1. The molecule has 17 heavy (non-hydrogen) atoms. The van der Waals surface area contributed by atoms with Gasteiger partial charge in [-0.3, -0.25) is 9.59 Å². The lowest BCUT2D eigenvalue weighted by molar-refractivity contribution is -0.121. The van der Waals surface area contributed by atoms with Gasteiger partial charge in [0.05, 0.1) is 30.2 Å². The van der Waals surface area contributed by atoms with Gasteiger partial charge in [-0.1, -0.05) is 0 Å². The molecule has 5 nitrogen and oxygen atoms in total. The molecular weight excluding hydrogens is 310 g/mol. The van der Waals surface area contributed by atoms with E-state index in [4.69, 9.17) is 0 Å². The summed E-state index contributed by atoms with van der Waals surface area (Å²) in [6, 6.07) is 0. The first-order chi connectivity index (χ1) is 8.04. The van der Waals surface area contributed by atoms with Crippen LogP contribution >= 0.6 is 27.3 Å². The van der Waals surface area contributed by atoms with Crippen LogP contribution in [0, 0.1) is 0 Å². The Kier molecular flexibility index (Phi) is 3.30. The molecule has 1 aliphatic rings. The molecule has 2 rings (SSSR count). The van der Waals surface area contributed by atoms with Gasteiger partial charge in [-0.05, 0) is 15.9 Å². The molecule has 1 aliphatic heterocycles. The summed E-state index contributed by atoms with van der Waals surface area (Å²) >= 11 is 4.44. The molecule has 0 aromatic carbocycles. The van der Waals surface area contributed by atoms with Gasteiger partial charge in [-0.15, -0.1) is 11.3 Å². The number of esters is 1. The molecule has 90 valence electrons. The van der Waals surface area contributed by atoms with Crippen LogP contribution in [0.1, 0.15) is 16.1 Å². The number of thiophene rings is 1. The van der Waals surface area contributed by atoms with Gasteiger partial charge in [-0.25, -0.2) is 4.79 Å². The van der Waals surface area contributed by atoms with Crippen LogP contribution in [0.3, 0.4) is 0 Å². The zero-order chi connectivity index (χ0) is 12.6. The van der Waals surface area contributed by atoms with Crippen LogP contribution < -0.4 is 4.90 Å². The molecule has 7 heteroatoms. The van der Waals surface area contributed by atoms with Crippen LogP contribution in [0.15, 0.2) is 9.85 Å². The van der Waals surface area contributed by atoms with E-state index in [1.165, 1.54) is 23.3 Å². The van der Waals surface area contributed by atoms with E-state index in [1.54, 1.807) is 5.38 Å². The molecule has 0 saturated carbocycles. The van der Waals surface area contributed by atoms with E-state index in [-0.39, 0.29) is 24.7 Å². The van der Waals surface area contributed by atoms with E-state index in [9.17, 15) is 14.4 Å². The molecule has 1 amide bonds. The van der Waals surface area contributed by atoms with Crippen molar-refractivity contribution in [2.24, 2.45) is 0 Å². The maximum Gasteiger partial charge on any atom is 0.350 e. The quantitative estimate of drug-likeness (QED) is 0.614. The topological polar surface area (TPSA) is 63.7 Å². The summed E-state index contributed by atoms with van der Waals surface area (Å²) in [7, 11) is 1.27. The van der Waals surface area contributed by atoms with Crippen molar-refractivity contribution in [1.82, 2.24) is 0 Å². The third-order valence-corrected chi connectivity index (χ3v) is 4.20. The molecule has 2 heterocycles. The fraction of sp³-hybridized carbons (Fsp3) is 0.300. The number of halogens is 1. The predicted octanol–water partition coefficient (Wildman–Crippen LogP) is 1.60. The van der Waals surface area contributed by atoms with E-state index < -0.39 is 5.97 Å². The molecule has 1 aromatic heterocycles. The highest BCUT2D eigenvalue weighted by molar-refractivity contribution is 9.10. The smallest absolute Gasteiger partial charge is 0.350 e. The first kappa shape index (κ1) is 12.3. The van der Waals surface area contributed by atoms with E-state index >= 15 is 0 Å². The molecular formula is C10H8BrNO4S. The lowest BCUT2D eigenvalue weighted by Crippen LogP contribution is -2.26. The average molecular weight is 318 g/mol. The molecule has 0 unspecified atom stereocenters. The monoisotopic (exact) mass is 317 g/mol. The summed E-state index contributed by atoms with van der Waals surface area (Å²) in [5.41, 5.74) is 0.428. The van der Waals surface area contributed by atoms with Crippen molar-refractivity contribution in [2.45, 2.75) is 6.42 Å². The minimum absolute atomic E-state index is 0.0121. The standard InChI is InChI=1S/C10H8BrNO4S/c1-16-10(15)9-8(6(11)4-17-9)12-3-5(13)2-7(12)14/h4H,2-3H2,1H3. The number of carbonyl (C=O) groups excluding carboxylic acids is 3. The summed E-state index contributed by atoms with van der Waals surface area (Å²) in [6.07, 6.45) is -0.108. The zero-order valence-electron chi connectivity index (χ0n) is 8.86. The number of ketones is 1. The van der Waals surface area contributed by atoms with Crippen molar-refractivity contribution in [2.75, 3.05) is 18.6 Å². The van der Waals surface area contributed by atoms with Crippen molar-refractivity contribution in [3.05, 3.63) is 14.7 Å². The SMILES string of the molecule is COC(=O)c1scc(Br)c1N1CC(=O)CC1=O. The number of hydrogen-bond donors (Lipinski definition) is 0. The van der Waals surface area contributed by atoms with E-state index in [0.717, 1.165) is 0 Å². The fourth-order valence-electron chi connectivity index (χ4n) is 1.61. The fourth-order valence-corrected chi connectivity index (χ4v) is 3.28. The first-order valence-corrected chi connectivity index (χ1v) is 6.39. The second-order valence-corrected chi connectivity index (χ2v) is 5.18. The number of rotatable bonds is 2. The second-order valence-electron chi connectivity index (χ2n) is 3.45. The van der Waals surface area contributed by atoms with E-state index in [2.05, 4.69) is 20.7 Å². The number of anilines is 1. The average Bonchev–Trinajstić information content (AvgIpc) is 2.80. The van der Waals surface area contributed by atoms with Crippen LogP contribution in [0.5, 0.6) is 0 Å². The van der Waals surface area contributed by atoms with Gasteiger partial charge < -0.3 is 9.64 Å². The molecule has 0 atom stereocenters. The minimum atomic E-state index is -0.511. The number of amides is 1. The highest BCUT2D eigenvalue weighted by atomic mass is 79.9. The van der Waals surface area contributed by atoms with E-state index in [0.29, 0.717) is 15.0 Å². The first-order valence-electron chi connectivity index (χ1n) is 4.72. The van der Waals surface area contributed by atoms with Crippen LogP contribution in [-0.4, -0.2) is 31.3 Å². The van der Waals surface area contributed by atoms with Crippen molar-refractivity contribution < 1.29 is 19.1 Å². The lowest BCUT2D eigenvalue weighted by atomic mass is 10.3. The second kappa shape index (κ2) is 4.58. The normalized spacial score (nSPS) is 15.5. The number of carbonyl (C=O) groups is 3. The zero-order valence-corrected chi connectivity index (χ0v) is 11.3. The molecule has 1 aromatic rings. The van der Waals surface area contributed by atoms with Crippen LogP contribution in [0.25, 0.3) is 0 Å². The van der Waals surface area contributed by atoms with Crippen molar-refractivity contribution in [3.8, 4) is 0 Å². The third-order valence-electron chi connectivity index (χ3n) is 2.35. The van der Waals surface area contributed by atoms with Crippen LogP contribution in [0.4, 0.5) is 5.69 Å². The predicted molar refractivity (Wildman–Crippen MR) is 65.3 cm³/mol. The largest absolute Gasteiger partial charge is 0.465 e. The summed E-state index contributed by atoms with van der Waals surface area (Å²) in [5, 5.41) is 1.69. The molecule has 0 bridgehead atoms. The highest BCUT2D eigenvalue weighted by Gasteiger charge is 2.33. The Morgan fingerprint density at radius 1 is 1.53 bits per heavy atom. The summed E-state index contributed by atoms with van der Waals surface area (Å²) in [5.74, 6) is -0.953. The summed E-state index contributed by atoms with van der Waals surface area (Å²) in [4.78, 5) is 36.0. The van der Waals surface area contributed by atoms with Gasteiger partial charge in [0.2, 0.25) is 5.91 Å². The molecule has 0 radical (unpaired) electrons. The summed E-state index contributed by atoms with van der Waals surface area (Å²) in [6.45, 7) is 0.0121. The van der Waals surface area contributed by atoms with Crippen molar-refractivity contribution in [3.63, 3.8) is 0 Å². The van der Waals surface area contributed by atoms with Gasteiger partial charge in [0.15, 0.2) is 5.78 Å². The Hall–Kier alpha value is -1.21. The number of hydrogen-bond acceptors (Lipinski definition) is 5. The van der Waals surface area contributed by atoms with Crippen LogP contribution in [-0.2, 0) is 14.3 Å². The Bertz CT molecular complexity index is 510. The van der Waals surface area contributed by atoms with Gasteiger partial charge in [0.1, 0.15) is 4.88 Å². The number of methoxy groups -OCH3 is 1. The Morgan fingerprint density at radius 3 is 2.76 bits per heavy atom. The van der Waals surface area contributed by atoms with Gasteiger partial charge in [-0.2, -0.15) is 0 Å². The maximum absolute atomic E-state index is 11.6. The third kappa shape index (κ3) is 2.12. The molecule has 1 fully saturated rings. The molecule has 0 N–H and O–H groups in total. The maximum atomic E-state index is 11.6. The highest BCUT2D eigenvalue weighted by Crippen LogP contribution is 2.37. The molecule has 0 spiro atoms. The van der Waals surface area contributed by atoms with Gasteiger partial charge in [0.25, 0.3) is 0 Å². The Labute approximate surface area is 109 Å². The molecule has 1 saturated heterocycles. The van der Waals surface area contributed by atoms with Gasteiger partial charge in [0, 0.05) is 5.38 Å². The van der Waals surface area contributed by atoms with Crippen LogP contribution in [0.2, 0.25) is 0 Å². The molecule has 0 aliphatic carbocycles. The lowest BCUT2D eigenvalue weighted by Gasteiger charge is -2.15. The van der Waals surface area contributed by atoms with Crippen molar-refractivity contribution in [1.29, 1.82) is 0 Å². The van der Waals surface area contributed by atoms with Crippen molar-refractivity contribution >= 4 is 50.6 Å². The van der Waals surface area contributed by atoms with Gasteiger partial charge >= 0.3 is 5.97 Å². The Morgan fingerprint density at radius 2 is 2.24 bits per heavy atom. The van der Waals surface area contributed by atoms with E-state index in [1.807, 2.05) is 0 Å². The minimum Gasteiger partial charge on any atom is -0.465 e.